The first-order valence-corrected chi connectivity index (χ1v) is 10.2. The van der Waals surface area contributed by atoms with Crippen LogP contribution < -0.4 is 19.5 Å². The van der Waals surface area contributed by atoms with Gasteiger partial charge in [0.15, 0.2) is 17.3 Å². The van der Waals surface area contributed by atoms with E-state index in [-0.39, 0.29) is 16.3 Å². The molecule has 0 fully saturated rings. The Balaban J connectivity index is 2.10. The lowest BCUT2D eigenvalue weighted by molar-refractivity contribution is -0.117. The second kappa shape index (κ2) is 9.72. The zero-order chi connectivity index (χ0) is 21.6. The van der Waals surface area contributed by atoms with E-state index >= 15 is 0 Å². The number of ether oxygens (including phenoxy) is 3. The van der Waals surface area contributed by atoms with Crippen LogP contribution in [0.3, 0.4) is 0 Å². The second-order valence-corrected chi connectivity index (χ2v) is 7.84. The van der Waals surface area contributed by atoms with Gasteiger partial charge in [-0.15, -0.1) is 0 Å². The lowest BCUT2D eigenvalue weighted by Gasteiger charge is -2.16. The van der Waals surface area contributed by atoms with Crippen LogP contribution in [0.15, 0.2) is 27.6 Å². The molecule has 0 saturated heterocycles. The number of carbonyl (C=O) groups is 1. The van der Waals surface area contributed by atoms with Crippen LogP contribution in [-0.2, 0) is 19.6 Å². The molecule has 1 aromatic heterocycles. The molecule has 0 saturated carbocycles. The van der Waals surface area contributed by atoms with Gasteiger partial charge in [-0.05, 0) is 32.9 Å². The van der Waals surface area contributed by atoms with Crippen molar-refractivity contribution in [1.29, 1.82) is 0 Å². The molecule has 11 heteroatoms. The SMILES string of the molecule is COCCOc1cc(NC(=O)[C@H](C)NS(=O)(=O)c2c(C)noc2C)ccc1OC. The smallest absolute Gasteiger partial charge is 0.246 e. The van der Waals surface area contributed by atoms with Crippen molar-refractivity contribution in [1.82, 2.24) is 9.88 Å². The standard InChI is InChI=1S/C18H25N3O7S/c1-11-17(13(3)28-20-11)29(23,24)21-12(2)18(22)19-14-6-7-15(26-5)16(10-14)27-9-8-25-4/h6-7,10,12,21H,8-9H2,1-5H3,(H,19,22)/t12-/m0/s1. The Kier molecular flexibility index (Phi) is 7.59. The van der Waals surface area contributed by atoms with Crippen molar-refractivity contribution in [2.75, 3.05) is 32.8 Å². The minimum atomic E-state index is -3.97. The normalized spacial score (nSPS) is 12.4. The summed E-state index contributed by atoms with van der Waals surface area (Å²) in [6, 6.07) is 3.79. The summed E-state index contributed by atoms with van der Waals surface area (Å²) in [4.78, 5) is 12.4. The van der Waals surface area contributed by atoms with Crippen LogP contribution in [0.1, 0.15) is 18.4 Å². The number of rotatable bonds is 10. The number of hydrogen-bond acceptors (Lipinski definition) is 8. The Bertz CT molecular complexity index is 937. The molecule has 0 radical (unpaired) electrons. The Labute approximate surface area is 169 Å². The molecule has 0 spiro atoms. The van der Waals surface area contributed by atoms with Crippen molar-refractivity contribution >= 4 is 21.6 Å². The fourth-order valence-electron chi connectivity index (χ4n) is 2.56. The molecule has 2 rings (SSSR count). The number of sulfonamides is 1. The van der Waals surface area contributed by atoms with Gasteiger partial charge in [0.1, 0.15) is 17.2 Å². The molecule has 1 amide bonds. The van der Waals surface area contributed by atoms with E-state index in [0.29, 0.717) is 30.4 Å². The maximum Gasteiger partial charge on any atom is 0.246 e. The van der Waals surface area contributed by atoms with Gasteiger partial charge in [-0.25, -0.2) is 8.42 Å². The molecular formula is C18H25N3O7S. The molecule has 0 bridgehead atoms. The molecular weight excluding hydrogens is 402 g/mol. The van der Waals surface area contributed by atoms with Gasteiger partial charge in [-0.3, -0.25) is 4.79 Å². The monoisotopic (exact) mass is 427 g/mol. The van der Waals surface area contributed by atoms with Crippen molar-refractivity contribution in [3.8, 4) is 11.5 Å². The summed E-state index contributed by atoms with van der Waals surface area (Å²) in [6.45, 7) is 5.13. The van der Waals surface area contributed by atoms with Gasteiger partial charge in [0.05, 0.1) is 19.8 Å². The van der Waals surface area contributed by atoms with Crippen LogP contribution in [0.25, 0.3) is 0 Å². The number of amides is 1. The van der Waals surface area contributed by atoms with Crippen molar-refractivity contribution in [2.24, 2.45) is 0 Å². The van der Waals surface area contributed by atoms with E-state index in [0.717, 1.165) is 0 Å². The predicted molar refractivity (Wildman–Crippen MR) is 105 cm³/mol. The third kappa shape index (κ3) is 5.68. The second-order valence-electron chi connectivity index (χ2n) is 6.19. The van der Waals surface area contributed by atoms with E-state index < -0.39 is 22.0 Å². The van der Waals surface area contributed by atoms with E-state index in [9.17, 15) is 13.2 Å². The van der Waals surface area contributed by atoms with Crippen LogP contribution >= 0.6 is 0 Å². The van der Waals surface area contributed by atoms with Crippen LogP contribution in [0.4, 0.5) is 5.69 Å². The van der Waals surface area contributed by atoms with Crippen molar-refractivity contribution in [3.05, 3.63) is 29.7 Å². The molecule has 160 valence electrons. The van der Waals surface area contributed by atoms with Crippen molar-refractivity contribution < 1.29 is 31.9 Å². The Morgan fingerprint density at radius 3 is 2.52 bits per heavy atom. The highest BCUT2D eigenvalue weighted by Gasteiger charge is 2.28. The fraction of sp³-hybridized carbons (Fsp3) is 0.444. The third-order valence-corrected chi connectivity index (χ3v) is 5.72. The summed E-state index contributed by atoms with van der Waals surface area (Å²) < 4.78 is 48.1. The van der Waals surface area contributed by atoms with E-state index in [1.165, 1.54) is 27.9 Å². The van der Waals surface area contributed by atoms with Crippen LogP contribution in [-0.4, -0.2) is 53.0 Å². The van der Waals surface area contributed by atoms with Crippen LogP contribution in [0, 0.1) is 13.8 Å². The summed E-state index contributed by atoms with van der Waals surface area (Å²) in [5.74, 6) is 0.515. The number of carbonyl (C=O) groups excluding carboxylic acids is 1. The van der Waals surface area contributed by atoms with Gasteiger partial charge in [0.25, 0.3) is 0 Å². The lowest BCUT2D eigenvalue weighted by atomic mass is 10.2. The van der Waals surface area contributed by atoms with Gasteiger partial charge < -0.3 is 24.1 Å². The van der Waals surface area contributed by atoms with Gasteiger partial charge in [0, 0.05) is 18.9 Å². The molecule has 0 aliphatic heterocycles. The van der Waals surface area contributed by atoms with Crippen molar-refractivity contribution in [3.63, 3.8) is 0 Å². The van der Waals surface area contributed by atoms with Crippen LogP contribution in [0.2, 0.25) is 0 Å². The zero-order valence-corrected chi connectivity index (χ0v) is 17.8. The highest BCUT2D eigenvalue weighted by atomic mass is 32.2. The summed E-state index contributed by atoms with van der Waals surface area (Å²) in [5, 5.41) is 6.28. The number of benzene rings is 1. The first-order chi connectivity index (χ1) is 13.7. The average Bonchev–Trinajstić information content (AvgIpc) is 3.01. The van der Waals surface area contributed by atoms with Gasteiger partial charge >= 0.3 is 0 Å². The van der Waals surface area contributed by atoms with E-state index in [4.69, 9.17) is 18.7 Å². The van der Waals surface area contributed by atoms with Crippen molar-refractivity contribution in [2.45, 2.75) is 31.7 Å². The number of aromatic nitrogens is 1. The van der Waals surface area contributed by atoms with Gasteiger partial charge in [-0.2, -0.15) is 4.72 Å². The number of anilines is 1. The number of methoxy groups -OCH3 is 2. The predicted octanol–water partition coefficient (Wildman–Crippen LogP) is 1.63. The summed E-state index contributed by atoms with van der Waals surface area (Å²) >= 11 is 0. The molecule has 0 unspecified atom stereocenters. The summed E-state index contributed by atoms with van der Waals surface area (Å²) in [6.07, 6.45) is 0. The largest absolute Gasteiger partial charge is 0.493 e. The molecule has 2 aromatic rings. The summed E-state index contributed by atoms with van der Waals surface area (Å²) in [5.41, 5.74) is 0.641. The molecule has 29 heavy (non-hydrogen) atoms. The van der Waals surface area contributed by atoms with E-state index in [1.807, 2.05) is 0 Å². The molecule has 10 nitrogen and oxygen atoms in total. The highest BCUT2D eigenvalue weighted by Crippen LogP contribution is 2.30. The van der Waals surface area contributed by atoms with Gasteiger partial charge in [-0.1, -0.05) is 5.16 Å². The Hall–Kier alpha value is -2.63. The zero-order valence-electron chi connectivity index (χ0n) is 16.9. The number of hydrogen-bond donors (Lipinski definition) is 2. The minimum Gasteiger partial charge on any atom is -0.493 e. The van der Waals surface area contributed by atoms with Gasteiger partial charge in [0.2, 0.25) is 15.9 Å². The highest BCUT2D eigenvalue weighted by molar-refractivity contribution is 7.89. The quantitative estimate of drug-likeness (QED) is 0.548. The molecule has 1 aromatic carbocycles. The first-order valence-electron chi connectivity index (χ1n) is 8.75. The Morgan fingerprint density at radius 1 is 1.21 bits per heavy atom. The first kappa shape index (κ1) is 22.7. The molecule has 1 heterocycles. The van der Waals surface area contributed by atoms with Crippen LogP contribution in [0.5, 0.6) is 11.5 Å². The number of aryl methyl sites for hydroxylation is 2. The summed E-state index contributed by atoms with van der Waals surface area (Å²) in [7, 11) is -0.914. The fourth-order valence-corrected chi connectivity index (χ4v) is 4.09. The number of nitrogens with zero attached hydrogens (tertiary/aromatic N) is 1. The average molecular weight is 427 g/mol. The molecule has 0 aliphatic rings. The maximum absolute atomic E-state index is 12.5. The Morgan fingerprint density at radius 2 is 1.93 bits per heavy atom. The molecule has 0 aliphatic carbocycles. The minimum absolute atomic E-state index is 0.0737. The number of nitrogens with one attached hydrogen (secondary N) is 2. The van der Waals surface area contributed by atoms with E-state index in [2.05, 4.69) is 15.2 Å². The molecule has 2 N–H and O–H groups in total. The third-order valence-electron chi connectivity index (χ3n) is 3.94. The lowest BCUT2D eigenvalue weighted by Crippen LogP contribution is -2.41. The molecule has 1 atom stereocenters. The van der Waals surface area contributed by atoms with E-state index in [1.54, 1.807) is 25.3 Å². The maximum atomic E-state index is 12.5. The topological polar surface area (TPSA) is 129 Å².